The highest BCUT2D eigenvalue weighted by Crippen LogP contribution is 2.36. The van der Waals surface area contributed by atoms with E-state index in [0.717, 1.165) is 21.9 Å². The average molecular weight is 274 g/mol. The third-order valence-electron chi connectivity index (χ3n) is 3.53. The van der Waals surface area contributed by atoms with E-state index in [1.165, 1.54) is 0 Å². The van der Waals surface area contributed by atoms with E-state index in [4.69, 9.17) is 5.26 Å². The molecule has 0 radical (unpaired) electrons. The lowest BCUT2D eigenvalue weighted by molar-refractivity contribution is 0.460. The summed E-state index contributed by atoms with van der Waals surface area (Å²) in [5, 5.41) is 20.0. The van der Waals surface area contributed by atoms with Gasteiger partial charge >= 0.3 is 0 Å². The van der Waals surface area contributed by atoms with Gasteiger partial charge in [0.1, 0.15) is 5.82 Å². The molecule has 0 bridgehead atoms. The number of fused-ring (bicyclic) bond motifs is 2. The summed E-state index contributed by atoms with van der Waals surface area (Å²) in [6, 6.07) is 15.0. The Morgan fingerprint density at radius 2 is 1.90 bits per heavy atom. The average Bonchev–Trinajstić information content (AvgIpc) is 3.05. The SMILES string of the molecule is N#Cc1ccc2[nH]c(O)c(-c3nc4ccccc4[nH]3)c2c1. The van der Waals surface area contributed by atoms with Crippen molar-refractivity contribution in [2.75, 3.05) is 0 Å². The molecule has 0 aliphatic carbocycles. The van der Waals surface area contributed by atoms with Crippen LogP contribution in [0.4, 0.5) is 0 Å². The standard InChI is InChI=1S/C16H10N4O/c17-8-9-5-6-11-10(7-9)14(16(21)20-11)15-18-12-3-1-2-4-13(12)19-15/h1-7,20-21H,(H,18,19). The van der Waals surface area contributed by atoms with Gasteiger partial charge in [-0.3, -0.25) is 0 Å². The molecule has 0 spiro atoms. The fraction of sp³-hybridized carbons (Fsp3) is 0. The zero-order valence-corrected chi connectivity index (χ0v) is 10.9. The third kappa shape index (κ3) is 1.66. The van der Waals surface area contributed by atoms with Gasteiger partial charge in [-0.1, -0.05) is 12.1 Å². The first-order valence-electron chi connectivity index (χ1n) is 6.46. The van der Waals surface area contributed by atoms with Gasteiger partial charge in [0.25, 0.3) is 0 Å². The highest BCUT2D eigenvalue weighted by atomic mass is 16.3. The van der Waals surface area contributed by atoms with E-state index in [2.05, 4.69) is 21.0 Å². The van der Waals surface area contributed by atoms with Gasteiger partial charge < -0.3 is 15.1 Å². The van der Waals surface area contributed by atoms with E-state index < -0.39 is 0 Å². The number of H-pyrrole nitrogens is 2. The van der Waals surface area contributed by atoms with Crippen LogP contribution in [0.5, 0.6) is 5.88 Å². The van der Waals surface area contributed by atoms with E-state index in [-0.39, 0.29) is 5.88 Å². The Bertz CT molecular complexity index is 987. The largest absolute Gasteiger partial charge is 0.494 e. The summed E-state index contributed by atoms with van der Waals surface area (Å²) in [5.74, 6) is 0.620. The summed E-state index contributed by atoms with van der Waals surface area (Å²) in [6.07, 6.45) is 0. The van der Waals surface area contributed by atoms with Gasteiger partial charge in [-0.15, -0.1) is 0 Å². The molecule has 21 heavy (non-hydrogen) atoms. The molecule has 0 atom stereocenters. The van der Waals surface area contributed by atoms with E-state index in [1.54, 1.807) is 18.2 Å². The number of aromatic hydroxyl groups is 1. The normalized spacial score (nSPS) is 11.0. The fourth-order valence-electron chi connectivity index (χ4n) is 2.56. The molecule has 2 aromatic heterocycles. The monoisotopic (exact) mass is 274 g/mol. The predicted octanol–water partition coefficient (Wildman–Crippen LogP) is 3.29. The van der Waals surface area contributed by atoms with Crippen molar-refractivity contribution in [2.45, 2.75) is 0 Å². The summed E-state index contributed by atoms with van der Waals surface area (Å²) in [4.78, 5) is 10.6. The van der Waals surface area contributed by atoms with E-state index in [0.29, 0.717) is 17.0 Å². The first-order valence-corrected chi connectivity index (χ1v) is 6.46. The minimum atomic E-state index is 0.0409. The number of para-hydroxylation sites is 2. The second kappa shape index (κ2) is 4.12. The van der Waals surface area contributed by atoms with Crippen LogP contribution in [0.25, 0.3) is 33.3 Å². The minimum Gasteiger partial charge on any atom is -0.494 e. The summed E-state index contributed by atoms with van der Waals surface area (Å²) >= 11 is 0. The Morgan fingerprint density at radius 1 is 1.05 bits per heavy atom. The van der Waals surface area contributed by atoms with E-state index >= 15 is 0 Å². The van der Waals surface area contributed by atoms with Crippen LogP contribution >= 0.6 is 0 Å². The molecule has 0 aliphatic rings. The van der Waals surface area contributed by atoms with Crippen LogP contribution in [-0.2, 0) is 0 Å². The molecule has 5 heteroatoms. The van der Waals surface area contributed by atoms with Gasteiger partial charge in [0.15, 0.2) is 0 Å². The smallest absolute Gasteiger partial charge is 0.200 e. The van der Waals surface area contributed by atoms with Crippen molar-refractivity contribution in [1.29, 1.82) is 5.26 Å². The first kappa shape index (κ1) is 11.6. The Labute approximate surface area is 119 Å². The first-order chi connectivity index (χ1) is 10.3. The molecule has 4 aromatic rings. The molecule has 4 rings (SSSR count). The number of nitrogens with one attached hydrogen (secondary N) is 2. The number of hydrogen-bond donors (Lipinski definition) is 3. The molecule has 100 valence electrons. The molecule has 0 unspecified atom stereocenters. The number of nitriles is 1. The van der Waals surface area contributed by atoms with Gasteiger partial charge in [-0.25, -0.2) is 4.98 Å². The number of aromatic nitrogens is 3. The summed E-state index contributed by atoms with van der Waals surface area (Å²) in [6.45, 7) is 0. The molecule has 3 N–H and O–H groups in total. The van der Waals surface area contributed by atoms with Crippen LogP contribution in [0.15, 0.2) is 42.5 Å². The number of hydrogen-bond acceptors (Lipinski definition) is 3. The van der Waals surface area contributed by atoms with Gasteiger partial charge in [-0.05, 0) is 30.3 Å². The van der Waals surface area contributed by atoms with Gasteiger partial charge in [0.2, 0.25) is 5.88 Å². The van der Waals surface area contributed by atoms with Crippen molar-refractivity contribution >= 4 is 21.9 Å². The second-order valence-corrected chi connectivity index (χ2v) is 4.82. The van der Waals surface area contributed by atoms with Crippen molar-refractivity contribution in [2.24, 2.45) is 0 Å². The maximum absolute atomic E-state index is 10.2. The lowest BCUT2D eigenvalue weighted by Gasteiger charge is -1.96. The molecule has 0 aliphatic heterocycles. The number of aromatic amines is 2. The second-order valence-electron chi connectivity index (χ2n) is 4.82. The molecule has 0 saturated carbocycles. The number of nitrogens with zero attached hydrogens (tertiary/aromatic N) is 2. The zero-order chi connectivity index (χ0) is 14.4. The Balaban J connectivity index is 2.04. The minimum absolute atomic E-state index is 0.0409. The summed E-state index contributed by atoms with van der Waals surface area (Å²) in [5.41, 5.74) is 3.62. The molecular weight excluding hydrogens is 264 g/mol. The molecule has 0 fully saturated rings. The van der Waals surface area contributed by atoms with Crippen LogP contribution in [0.2, 0.25) is 0 Å². The summed E-state index contributed by atoms with van der Waals surface area (Å²) < 4.78 is 0. The van der Waals surface area contributed by atoms with Crippen LogP contribution in [0.1, 0.15) is 5.56 Å². The Kier molecular flexibility index (Phi) is 2.27. The van der Waals surface area contributed by atoms with Crippen molar-refractivity contribution < 1.29 is 5.11 Å². The van der Waals surface area contributed by atoms with Crippen molar-refractivity contribution in [3.05, 3.63) is 48.0 Å². The summed E-state index contributed by atoms with van der Waals surface area (Å²) in [7, 11) is 0. The number of benzene rings is 2. The maximum Gasteiger partial charge on any atom is 0.200 e. The van der Waals surface area contributed by atoms with Gasteiger partial charge in [-0.2, -0.15) is 5.26 Å². The van der Waals surface area contributed by atoms with Crippen LogP contribution in [0.3, 0.4) is 0 Å². The van der Waals surface area contributed by atoms with Crippen LogP contribution in [-0.4, -0.2) is 20.1 Å². The predicted molar refractivity (Wildman–Crippen MR) is 79.8 cm³/mol. The van der Waals surface area contributed by atoms with Gasteiger partial charge in [0.05, 0.1) is 28.2 Å². The Hall–Kier alpha value is -3.26. The molecule has 0 amide bonds. The molecule has 0 saturated heterocycles. The molecule has 5 nitrogen and oxygen atoms in total. The van der Waals surface area contributed by atoms with Crippen molar-refractivity contribution in [3.63, 3.8) is 0 Å². The Morgan fingerprint density at radius 3 is 2.71 bits per heavy atom. The zero-order valence-electron chi connectivity index (χ0n) is 10.9. The quantitative estimate of drug-likeness (QED) is 0.497. The van der Waals surface area contributed by atoms with Crippen molar-refractivity contribution in [3.8, 4) is 23.3 Å². The number of rotatable bonds is 1. The lowest BCUT2D eigenvalue weighted by Crippen LogP contribution is -1.80. The van der Waals surface area contributed by atoms with Crippen LogP contribution in [0, 0.1) is 11.3 Å². The third-order valence-corrected chi connectivity index (χ3v) is 3.53. The van der Waals surface area contributed by atoms with Gasteiger partial charge in [0, 0.05) is 10.9 Å². The molecule has 2 aromatic carbocycles. The van der Waals surface area contributed by atoms with Crippen LogP contribution < -0.4 is 0 Å². The van der Waals surface area contributed by atoms with E-state index in [1.807, 2.05) is 24.3 Å². The fourth-order valence-corrected chi connectivity index (χ4v) is 2.56. The number of imidazole rings is 1. The van der Waals surface area contributed by atoms with Crippen molar-refractivity contribution in [1.82, 2.24) is 15.0 Å². The highest BCUT2D eigenvalue weighted by molar-refractivity contribution is 5.99. The van der Waals surface area contributed by atoms with E-state index in [9.17, 15) is 5.11 Å². The maximum atomic E-state index is 10.2. The lowest BCUT2D eigenvalue weighted by atomic mass is 10.1. The topological polar surface area (TPSA) is 88.5 Å². The molecule has 2 heterocycles. The highest BCUT2D eigenvalue weighted by Gasteiger charge is 2.16. The molecular formula is C16H10N4O.